The Morgan fingerprint density at radius 2 is 1.36 bits per heavy atom. The highest BCUT2D eigenvalue weighted by Crippen LogP contribution is 2.42. The van der Waals surface area contributed by atoms with Crippen molar-refractivity contribution in [3.8, 4) is 21.7 Å². The van der Waals surface area contributed by atoms with Crippen LogP contribution in [0, 0.1) is 0 Å². The monoisotopic (exact) mass is 630 g/mol. The Morgan fingerprint density at radius 3 is 1.87 bits per heavy atom. The first kappa shape index (κ1) is 28.5. The number of carboxylic acids is 1. The standard InChI is InChI=1S/C35H26N4O4S2/c1-45(42,43)32-20-18-30(44-32)29-21-36-31-19-17-24(22-38(29)31)28-23-39(37-33(28)34(40)41)35(25-11-5-2-6-12-25,26-13-7-3-8-14-26)27-15-9-4-10-16-27/h2-23H,1H3,(H,40,41). The van der Waals surface area contributed by atoms with Crippen molar-refractivity contribution in [2.24, 2.45) is 0 Å². The highest BCUT2D eigenvalue weighted by molar-refractivity contribution is 7.92. The van der Waals surface area contributed by atoms with Gasteiger partial charge in [-0.3, -0.25) is 9.08 Å². The van der Waals surface area contributed by atoms with Gasteiger partial charge in [-0.1, -0.05) is 91.0 Å². The molecule has 0 atom stereocenters. The Bertz CT molecular complexity index is 2180. The molecule has 8 nitrogen and oxygen atoms in total. The van der Waals surface area contributed by atoms with Gasteiger partial charge < -0.3 is 5.11 Å². The Balaban J connectivity index is 1.47. The van der Waals surface area contributed by atoms with E-state index in [1.165, 1.54) is 6.26 Å². The van der Waals surface area contributed by atoms with E-state index in [1.807, 2.05) is 114 Å². The largest absolute Gasteiger partial charge is 0.476 e. The van der Waals surface area contributed by atoms with Gasteiger partial charge in [0.1, 0.15) is 15.4 Å². The van der Waals surface area contributed by atoms with Crippen LogP contribution in [0.25, 0.3) is 27.3 Å². The van der Waals surface area contributed by atoms with Crippen LogP contribution in [0.2, 0.25) is 0 Å². The van der Waals surface area contributed by atoms with Gasteiger partial charge in [-0.2, -0.15) is 5.10 Å². The predicted octanol–water partition coefficient (Wildman–Crippen LogP) is 6.87. The molecule has 0 saturated carbocycles. The van der Waals surface area contributed by atoms with Gasteiger partial charge in [0.25, 0.3) is 0 Å². The second-order valence-corrected chi connectivity index (χ2v) is 14.0. The third kappa shape index (κ3) is 4.84. The summed E-state index contributed by atoms with van der Waals surface area (Å²) in [5, 5.41) is 15.2. The highest BCUT2D eigenvalue weighted by Gasteiger charge is 2.40. The van der Waals surface area contributed by atoms with Gasteiger partial charge in [0.2, 0.25) is 0 Å². The zero-order valence-electron chi connectivity index (χ0n) is 24.0. The van der Waals surface area contributed by atoms with Crippen LogP contribution in [0.1, 0.15) is 27.2 Å². The average Bonchev–Trinajstić information content (AvgIpc) is 3.82. The lowest BCUT2D eigenvalue weighted by Crippen LogP contribution is -2.38. The van der Waals surface area contributed by atoms with Crippen LogP contribution in [0.4, 0.5) is 0 Å². The fourth-order valence-electron chi connectivity index (χ4n) is 5.83. The molecular weight excluding hydrogens is 605 g/mol. The number of carbonyl (C=O) groups is 1. The molecule has 45 heavy (non-hydrogen) atoms. The molecule has 7 aromatic rings. The summed E-state index contributed by atoms with van der Waals surface area (Å²) < 4.78 is 28.1. The molecular formula is C35H26N4O4S2. The second kappa shape index (κ2) is 11.0. The van der Waals surface area contributed by atoms with E-state index in [2.05, 4.69) is 4.98 Å². The minimum atomic E-state index is -3.36. The van der Waals surface area contributed by atoms with Gasteiger partial charge in [0.15, 0.2) is 15.5 Å². The van der Waals surface area contributed by atoms with Crippen molar-refractivity contribution in [2.45, 2.75) is 9.75 Å². The number of carboxylic acid groups (broad SMARTS) is 1. The molecule has 10 heteroatoms. The molecule has 0 radical (unpaired) electrons. The summed E-state index contributed by atoms with van der Waals surface area (Å²) in [5.74, 6) is -1.16. The molecule has 4 heterocycles. The number of rotatable bonds is 8. The van der Waals surface area contributed by atoms with Crippen LogP contribution in [0.3, 0.4) is 0 Å². The average molecular weight is 631 g/mol. The zero-order chi connectivity index (χ0) is 31.2. The molecule has 0 bridgehead atoms. The fraction of sp³-hybridized carbons (Fsp3) is 0.0571. The predicted molar refractivity (Wildman–Crippen MR) is 174 cm³/mol. The Morgan fingerprint density at radius 1 is 0.778 bits per heavy atom. The van der Waals surface area contributed by atoms with E-state index in [9.17, 15) is 18.3 Å². The van der Waals surface area contributed by atoms with E-state index in [1.54, 1.807) is 29.2 Å². The SMILES string of the molecule is CS(=O)(=O)c1ccc(-c2cnc3ccc(-c4cn(C(c5ccccc5)(c5ccccc5)c5ccccc5)nc4C(=O)O)cn23)s1. The van der Waals surface area contributed by atoms with E-state index >= 15 is 0 Å². The summed E-state index contributed by atoms with van der Waals surface area (Å²) in [7, 11) is -3.36. The molecule has 1 N–H and O–H groups in total. The number of sulfone groups is 1. The lowest BCUT2D eigenvalue weighted by atomic mass is 9.77. The number of nitrogens with zero attached hydrogens (tertiary/aromatic N) is 4. The molecule has 0 saturated heterocycles. The number of imidazole rings is 1. The van der Waals surface area contributed by atoms with Crippen molar-refractivity contribution in [3.63, 3.8) is 0 Å². The van der Waals surface area contributed by atoms with E-state index in [4.69, 9.17) is 5.10 Å². The molecule has 3 aromatic carbocycles. The number of pyridine rings is 1. The van der Waals surface area contributed by atoms with Gasteiger partial charge >= 0.3 is 5.97 Å². The molecule has 222 valence electrons. The van der Waals surface area contributed by atoms with Crippen LogP contribution in [0.15, 0.2) is 138 Å². The molecule has 0 spiro atoms. The smallest absolute Gasteiger partial charge is 0.357 e. The van der Waals surface area contributed by atoms with Gasteiger partial charge in [0, 0.05) is 29.8 Å². The van der Waals surface area contributed by atoms with Gasteiger partial charge in [-0.15, -0.1) is 11.3 Å². The number of benzene rings is 3. The third-order valence-corrected chi connectivity index (χ3v) is 10.8. The van der Waals surface area contributed by atoms with E-state index in [0.29, 0.717) is 22.5 Å². The molecule has 0 amide bonds. The Hall–Kier alpha value is -5.32. The molecule has 0 aliphatic heterocycles. The van der Waals surface area contributed by atoms with Crippen molar-refractivity contribution in [1.29, 1.82) is 0 Å². The summed E-state index contributed by atoms with van der Waals surface area (Å²) in [4.78, 5) is 18.0. The number of aromatic carboxylic acids is 1. The highest BCUT2D eigenvalue weighted by atomic mass is 32.2. The molecule has 0 unspecified atom stereocenters. The van der Waals surface area contributed by atoms with Crippen LogP contribution in [-0.2, 0) is 15.4 Å². The van der Waals surface area contributed by atoms with E-state index in [-0.39, 0.29) is 9.90 Å². The van der Waals surface area contributed by atoms with Crippen LogP contribution in [0.5, 0.6) is 0 Å². The van der Waals surface area contributed by atoms with Crippen molar-refractivity contribution in [2.75, 3.05) is 6.26 Å². The van der Waals surface area contributed by atoms with Crippen LogP contribution in [-0.4, -0.2) is 44.9 Å². The number of hydrogen-bond acceptors (Lipinski definition) is 6. The number of aromatic nitrogens is 4. The topological polar surface area (TPSA) is 107 Å². The maximum atomic E-state index is 12.8. The Kier molecular flexibility index (Phi) is 6.95. The summed E-state index contributed by atoms with van der Waals surface area (Å²) in [6.07, 6.45) is 6.48. The molecule has 0 aliphatic carbocycles. The summed E-state index contributed by atoms with van der Waals surface area (Å²) in [5.41, 5.74) is 4.05. The van der Waals surface area contributed by atoms with Gasteiger partial charge in [-0.25, -0.2) is 18.2 Å². The quantitative estimate of drug-likeness (QED) is 0.184. The lowest BCUT2D eigenvalue weighted by molar-refractivity contribution is 0.0689. The number of fused-ring (bicyclic) bond motifs is 1. The normalized spacial score (nSPS) is 12.0. The van der Waals surface area contributed by atoms with Crippen LogP contribution < -0.4 is 0 Å². The first-order valence-corrected chi connectivity index (χ1v) is 16.8. The van der Waals surface area contributed by atoms with E-state index in [0.717, 1.165) is 32.9 Å². The zero-order valence-corrected chi connectivity index (χ0v) is 25.6. The summed E-state index contributed by atoms with van der Waals surface area (Å²) >= 11 is 1.16. The first-order valence-electron chi connectivity index (χ1n) is 14.0. The molecule has 0 fully saturated rings. The number of thiophene rings is 1. The first-order chi connectivity index (χ1) is 21.8. The summed E-state index contributed by atoms with van der Waals surface area (Å²) in [6, 6.07) is 36.8. The second-order valence-electron chi connectivity index (χ2n) is 10.6. The molecule has 0 aliphatic rings. The van der Waals surface area contributed by atoms with E-state index < -0.39 is 21.3 Å². The maximum Gasteiger partial charge on any atom is 0.357 e. The lowest BCUT2D eigenvalue weighted by Gasteiger charge is -2.36. The van der Waals surface area contributed by atoms with Gasteiger partial charge in [-0.05, 0) is 41.0 Å². The van der Waals surface area contributed by atoms with Crippen molar-refractivity contribution in [1.82, 2.24) is 19.2 Å². The minimum absolute atomic E-state index is 0.0985. The van der Waals surface area contributed by atoms with Crippen molar-refractivity contribution < 1.29 is 18.3 Å². The number of hydrogen-bond donors (Lipinski definition) is 1. The van der Waals surface area contributed by atoms with Crippen LogP contribution >= 0.6 is 11.3 Å². The fourth-order valence-corrected chi connectivity index (χ4v) is 7.76. The maximum absolute atomic E-state index is 12.8. The van der Waals surface area contributed by atoms with Crippen molar-refractivity contribution >= 4 is 32.8 Å². The van der Waals surface area contributed by atoms with Crippen molar-refractivity contribution in [3.05, 3.63) is 156 Å². The minimum Gasteiger partial charge on any atom is -0.476 e. The molecule has 7 rings (SSSR count). The third-order valence-electron chi connectivity index (χ3n) is 7.85. The Labute approximate surface area is 263 Å². The summed E-state index contributed by atoms with van der Waals surface area (Å²) in [6.45, 7) is 0. The molecule has 4 aromatic heterocycles. The van der Waals surface area contributed by atoms with Gasteiger partial charge in [0.05, 0.1) is 16.8 Å².